The number of hydrogen-bond acceptors (Lipinski definition) is 3. The molecular formula is C15H19N3O. The van der Waals surface area contributed by atoms with Gasteiger partial charge in [0, 0.05) is 19.2 Å². The molecule has 2 rings (SSSR count). The summed E-state index contributed by atoms with van der Waals surface area (Å²) in [5, 5.41) is 0. The van der Waals surface area contributed by atoms with Crippen LogP contribution in [0.15, 0.2) is 36.9 Å². The monoisotopic (exact) mass is 257 g/mol. The SMILES string of the molecule is C=CCn1c(C)nc(-c2cccc(COC)c2)c1N. The summed E-state index contributed by atoms with van der Waals surface area (Å²) in [6.07, 6.45) is 1.82. The van der Waals surface area contributed by atoms with Crippen molar-refractivity contribution in [2.45, 2.75) is 20.1 Å². The highest BCUT2D eigenvalue weighted by molar-refractivity contribution is 5.71. The van der Waals surface area contributed by atoms with Crippen LogP contribution in [-0.4, -0.2) is 16.7 Å². The molecule has 4 nitrogen and oxygen atoms in total. The number of hydrogen-bond donors (Lipinski definition) is 1. The fourth-order valence-electron chi connectivity index (χ4n) is 2.13. The van der Waals surface area contributed by atoms with Gasteiger partial charge < -0.3 is 15.0 Å². The Kier molecular flexibility index (Phi) is 4.02. The van der Waals surface area contributed by atoms with Crippen LogP contribution >= 0.6 is 0 Å². The molecule has 0 aliphatic heterocycles. The molecule has 0 radical (unpaired) electrons. The second-order valence-electron chi connectivity index (χ2n) is 4.43. The van der Waals surface area contributed by atoms with Crippen LogP contribution in [0.1, 0.15) is 11.4 Å². The molecule has 1 heterocycles. The van der Waals surface area contributed by atoms with Crippen LogP contribution in [0.5, 0.6) is 0 Å². The van der Waals surface area contributed by atoms with Crippen molar-refractivity contribution in [1.82, 2.24) is 9.55 Å². The Morgan fingerprint density at radius 1 is 1.47 bits per heavy atom. The topological polar surface area (TPSA) is 53.1 Å². The standard InChI is InChI=1S/C15H19N3O/c1-4-8-18-11(2)17-14(15(18)16)13-7-5-6-12(9-13)10-19-3/h4-7,9H,1,8,10,16H2,2-3H3. The zero-order valence-corrected chi connectivity index (χ0v) is 11.4. The first kappa shape index (κ1) is 13.4. The van der Waals surface area contributed by atoms with Gasteiger partial charge in [-0.1, -0.05) is 24.3 Å². The molecule has 0 saturated carbocycles. The molecule has 2 N–H and O–H groups in total. The van der Waals surface area contributed by atoms with Crippen molar-refractivity contribution in [3.8, 4) is 11.3 Å². The molecule has 0 amide bonds. The maximum atomic E-state index is 6.17. The summed E-state index contributed by atoms with van der Waals surface area (Å²) in [6, 6.07) is 8.08. The lowest BCUT2D eigenvalue weighted by Crippen LogP contribution is -2.03. The highest BCUT2D eigenvalue weighted by atomic mass is 16.5. The Morgan fingerprint density at radius 2 is 2.26 bits per heavy atom. The number of nitrogens with two attached hydrogens (primary N) is 1. The molecule has 100 valence electrons. The minimum absolute atomic E-state index is 0.583. The Bertz CT molecular complexity index is 587. The molecule has 0 fully saturated rings. The largest absolute Gasteiger partial charge is 0.383 e. The van der Waals surface area contributed by atoms with Gasteiger partial charge in [0.25, 0.3) is 0 Å². The van der Waals surface area contributed by atoms with Crippen LogP contribution in [0.25, 0.3) is 11.3 Å². The van der Waals surface area contributed by atoms with Crippen molar-refractivity contribution in [1.29, 1.82) is 0 Å². The summed E-state index contributed by atoms with van der Waals surface area (Å²) in [4.78, 5) is 4.55. The maximum absolute atomic E-state index is 6.17. The van der Waals surface area contributed by atoms with Crippen molar-refractivity contribution in [2.24, 2.45) is 0 Å². The Labute approximate surface area is 113 Å². The molecule has 4 heteroatoms. The van der Waals surface area contributed by atoms with Gasteiger partial charge >= 0.3 is 0 Å². The number of ether oxygens (including phenoxy) is 1. The normalized spacial score (nSPS) is 10.6. The van der Waals surface area contributed by atoms with Gasteiger partial charge in [0.15, 0.2) is 0 Å². The molecule has 0 atom stereocenters. The average Bonchev–Trinajstić information content (AvgIpc) is 2.68. The summed E-state index contributed by atoms with van der Waals surface area (Å²) >= 11 is 0. The van der Waals surface area contributed by atoms with Gasteiger partial charge in [-0.3, -0.25) is 0 Å². The average molecular weight is 257 g/mol. The van der Waals surface area contributed by atoms with Crippen LogP contribution < -0.4 is 5.73 Å². The predicted octanol–water partition coefficient (Wildman–Crippen LogP) is 2.77. The number of imidazole rings is 1. The molecule has 0 bridgehead atoms. The number of aryl methyl sites for hydroxylation is 1. The van der Waals surface area contributed by atoms with E-state index in [1.54, 1.807) is 7.11 Å². The molecule has 0 aliphatic rings. The van der Waals surface area contributed by atoms with E-state index in [1.165, 1.54) is 0 Å². The van der Waals surface area contributed by atoms with Crippen LogP contribution in [0.3, 0.4) is 0 Å². The number of benzene rings is 1. The van der Waals surface area contributed by atoms with Gasteiger partial charge in [-0.2, -0.15) is 0 Å². The van der Waals surface area contributed by atoms with Crippen LogP contribution in [0, 0.1) is 6.92 Å². The van der Waals surface area contributed by atoms with Crippen molar-refractivity contribution in [3.05, 3.63) is 48.3 Å². The van der Waals surface area contributed by atoms with E-state index in [4.69, 9.17) is 10.5 Å². The predicted molar refractivity (Wildman–Crippen MR) is 77.7 cm³/mol. The van der Waals surface area contributed by atoms with Crippen LogP contribution in [-0.2, 0) is 17.9 Å². The van der Waals surface area contributed by atoms with Gasteiger partial charge in [0.1, 0.15) is 17.3 Å². The van der Waals surface area contributed by atoms with Gasteiger partial charge in [-0.25, -0.2) is 4.98 Å². The highest BCUT2D eigenvalue weighted by Crippen LogP contribution is 2.27. The number of allylic oxidation sites excluding steroid dienone is 1. The third kappa shape index (κ3) is 2.69. The smallest absolute Gasteiger partial charge is 0.132 e. The number of anilines is 1. The quantitative estimate of drug-likeness (QED) is 0.838. The number of rotatable bonds is 5. The number of methoxy groups -OCH3 is 1. The Morgan fingerprint density at radius 3 is 2.95 bits per heavy atom. The van der Waals surface area contributed by atoms with E-state index in [2.05, 4.69) is 17.6 Å². The number of nitrogen functional groups attached to an aromatic ring is 1. The minimum atomic E-state index is 0.583. The molecule has 2 aromatic rings. The fourth-order valence-corrected chi connectivity index (χ4v) is 2.13. The van der Waals surface area contributed by atoms with Gasteiger partial charge in [-0.05, 0) is 18.6 Å². The fraction of sp³-hybridized carbons (Fsp3) is 0.267. The Hall–Kier alpha value is -2.07. The number of nitrogens with zero attached hydrogens (tertiary/aromatic N) is 2. The third-order valence-corrected chi connectivity index (χ3v) is 3.02. The third-order valence-electron chi connectivity index (χ3n) is 3.02. The maximum Gasteiger partial charge on any atom is 0.132 e. The molecule has 19 heavy (non-hydrogen) atoms. The first-order valence-corrected chi connectivity index (χ1v) is 6.19. The van der Waals surface area contributed by atoms with E-state index in [-0.39, 0.29) is 0 Å². The second kappa shape index (κ2) is 5.71. The van der Waals surface area contributed by atoms with E-state index in [0.29, 0.717) is 19.0 Å². The summed E-state index contributed by atoms with van der Waals surface area (Å²) in [7, 11) is 1.68. The van der Waals surface area contributed by atoms with Gasteiger partial charge in [-0.15, -0.1) is 6.58 Å². The first-order valence-electron chi connectivity index (χ1n) is 6.19. The molecule has 0 unspecified atom stereocenters. The minimum Gasteiger partial charge on any atom is -0.383 e. The molecule has 0 aliphatic carbocycles. The van der Waals surface area contributed by atoms with E-state index in [1.807, 2.05) is 35.8 Å². The zero-order chi connectivity index (χ0) is 13.8. The summed E-state index contributed by atoms with van der Waals surface area (Å²) in [5.74, 6) is 1.57. The molecule has 0 saturated heterocycles. The van der Waals surface area contributed by atoms with E-state index >= 15 is 0 Å². The summed E-state index contributed by atoms with van der Waals surface area (Å²) in [5.41, 5.74) is 9.10. The van der Waals surface area contributed by atoms with Gasteiger partial charge in [0.2, 0.25) is 0 Å². The molecule has 1 aromatic heterocycles. The second-order valence-corrected chi connectivity index (χ2v) is 4.43. The molecular weight excluding hydrogens is 238 g/mol. The summed E-state index contributed by atoms with van der Waals surface area (Å²) in [6.45, 7) is 6.94. The first-order chi connectivity index (χ1) is 9.17. The van der Waals surface area contributed by atoms with Crippen molar-refractivity contribution in [2.75, 3.05) is 12.8 Å². The zero-order valence-electron chi connectivity index (χ0n) is 11.4. The molecule has 0 spiro atoms. The summed E-state index contributed by atoms with van der Waals surface area (Å²) < 4.78 is 7.10. The van der Waals surface area contributed by atoms with Crippen LogP contribution in [0.2, 0.25) is 0 Å². The van der Waals surface area contributed by atoms with Crippen molar-refractivity contribution < 1.29 is 4.74 Å². The molecule has 1 aromatic carbocycles. The van der Waals surface area contributed by atoms with Crippen molar-refractivity contribution >= 4 is 5.82 Å². The van der Waals surface area contributed by atoms with Crippen molar-refractivity contribution in [3.63, 3.8) is 0 Å². The van der Waals surface area contributed by atoms with E-state index in [9.17, 15) is 0 Å². The Balaban J connectivity index is 2.44. The van der Waals surface area contributed by atoms with E-state index in [0.717, 1.165) is 22.6 Å². The lowest BCUT2D eigenvalue weighted by atomic mass is 10.1. The highest BCUT2D eigenvalue weighted by Gasteiger charge is 2.12. The lowest BCUT2D eigenvalue weighted by Gasteiger charge is -2.05. The van der Waals surface area contributed by atoms with E-state index < -0.39 is 0 Å². The van der Waals surface area contributed by atoms with Crippen LogP contribution in [0.4, 0.5) is 5.82 Å². The lowest BCUT2D eigenvalue weighted by molar-refractivity contribution is 0.185. The van der Waals surface area contributed by atoms with Gasteiger partial charge in [0.05, 0.1) is 6.61 Å². The number of aromatic nitrogens is 2.